The highest BCUT2D eigenvalue weighted by Gasteiger charge is 2.27. The number of benzene rings is 1. The summed E-state index contributed by atoms with van der Waals surface area (Å²) in [5.41, 5.74) is 3.77. The zero-order chi connectivity index (χ0) is 17.2. The predicted molar refractivity (Wildman–Crippen MR) is 98.7 cm³/mol. The molecule has 1 aliphatic heterocycles. The second-order valence-corrected chi connectivity index (χ2v) is 7.26. The molecule has 1 saturated heterocycles. The smallest absolute Gasteiger partial charge is 0.229 e. The van der Waals surface area contributed by atoms with Crippen LogP contribution in [0.4, 0.5) is 5.82 Å². The quantitative estimate of drug-likeness (QED) is 0.904. The van der Waals surface area contributed by atoms with Crippen LogP contribution in [0.25, 0.3) is 0 Å². The number of amides is 1. The van der Waals surface area contributed by atoms with E-state index in [1.54, 1.807) is 0 Å². The average molecular weight is 338 g/mol. The molecule has 5 nitrogen and oxygen atoms in total. The molecule has 132 valence electrons. The van der Waals surface area contributed by atoms with Gasteiger partial charge in [-0.05, 0) is 56.7 Å². The molecule has 1 amide bonds. The van der Waals surface area contributed by atoms with E-state index in [0.717, 1.165) is 56.6 Å². The molecule has 25 heavy (non-hydrogen) atoms. The molecule has 0 radical (unpaired) electrons. The summed E-state index contributed by atoms with van der Waals surface area (Å²) in [7, 11) is 0. The highest BCUT2D eigenvalue weighted by molar-refractivity contribution is 5.92. The van der Waals surface area contributed by atoms with Crippen LogP contribution in [0, 0.1) is 12.8 Å². The fraction of sp³-hybridized carbons (Fsp3) is 0.500. The summed E-state index contributed by atoms with van der Waals surface area (Å²) in [5, 5.41) is 11.1. The van der Waals surface area contributed by atoms with Crippen molar-refractivity contribution >= 4 is 11.7 Å². The van der Waals surface area contributed by atoms with E-state index in [2.05, 4.69) is 40.0 Å². The Balaban J connectivity index is 1.61. The number of hydrogen-bond acceptors (Lipinski definition) is 3. The maximum absolute atomic E-state index is 12.7. The Morgan fingerprint density at radius 3 is 3.00 bits per heavy atom. The van der Waals surface area contributed by atoms with Gasteiger partial charge < -0.3 is 10.6 Å². The minimum absolute atomic E-state index is 0.0511. The van der Waals surface area contributed by atoms with Crippen LogP contribution in [0.5, 0.6) is 0 Å². The Labute approximate surface area is 148 Å². The van der Waals surface area contributed by atoms with Gasteiger partial charge in [-0.15, -0.1) is 0 Å². The maximum atomic E-state index is 12.7. The number of fused-ring (bicyclic) bond motifs is 1. The lowest BCUT2D eigenvalue weighted by molar-refractivity contribution is -0.120. The number of carbonyl (C=O) groups excluding carboxylic acids is 1. The van der Waals surface area contributed by atoms with Crippen LogP contribution in [0.2, 0.25) is 0 Å². The number of hydrogen-bond donors (Lipinski definition) is 2. The van der Waals surface area contributed by atoms with E-state index in [1.165, 1.54) is 11.1 Å². The lowest BCUT2D eigenvalue weighted by atomic mass is 9.88. The summed E-state index contributed by atoms with van der Waals surface area (Å²) in [5.74, 6) is 1.02. The van der Waals surface area contributed by atoms with Gasteiger partial charge in [0.1, 0.15) is 5.82 Å². The number of nitrogens with zero attached hydrogens (tertiary/aromatic N) is 2. The molecule has 2 atom stereocenters. The molecule has 2 N–H and O–H groups in total. The molecule has 0 spiro atoms. The van der Waals surface area contributed by atoms with Crippen molar-refractivity contribution in [1.82, 2.24) is 15.1 Å². The molecule has 2 aliphatic rings. The van der Waals surface area contributed by atoms with Crippen LogP contribution in [0.15, 0.2) is 30.5 Å². The van der Waals surface area contributed by atoms with Gasteiger partial charge in [0, 0.05) is 12.1 Å². The number of carbonyl (C=O) groups is 1. The Bertz CT molecular complexity index is 761. The molecular weight excluding hydrogens is 312 g/mol. The van der Waals surface area contributed by atoms with Gasteiger partial charge in [-0.25, -0.2) is 4.68 Å². The van der Waals surface area contributed by atoms with Crippen LogP contribution in [-0.2, 0) is 11.2 Å². The fourth-order valence-corrected chi connectivity index (χ4v) is 4.12. The highest BCUT2D eigenvalue weighted by Crippen LogP contribution is 2.35. The van der Waals surface area contributed by atoms with Crippen LogP contribution in [0.3, 0.4) is 0 Å². The van der Waals surface area contributed by atoms with Crippen molar-refractivity contribution in [2.75, 3.05) is 18.4 Å². The van der Waals surface area contributed by atoms with Crippen LogP contribution < -0.4 is 10.6 Å². The summed E-state index contributed by atoms with van der Waals surface area (Å²) in [6.07, 6.45) is 7.23. The molecule has 0 unspecified atom stereocenters. The number of rotatable bonds is 3. The zero-order valence-electron chi connectivity index (χ0n) is 14.8. The van der Waals surface area contributed by atoms with Gasteiger partial charge in [-0.1, -0.05) is 24.3 Å². The average Bonchev–Trinajstić information content (AvgIpc) is 3.02. The van der Waals surface area contributed by atoms with Gasteiger partial charge in [0.25, 0.3) is 0 Å². The molecule has 2 heterocycles. The largest absolute Gasteiger partial charge is 0.316 e. The van der Waals surface area contributed by atoms with Crippen molar-refractivity contribution in [3.63, 3.8) is 0 Å². The van der Waals surface area contributed by atoms with Gasteiger partial charge in [0.15, 0.2) is 0 Å². The minimum Gasteiger partial charge on any atom is -0.316 e. The van der Waals surface area contributed by atoms with Gasteiger partial charge >= 0.3 is 0 Å². The monoisotopic (exact) mass is 338 g/mol. The van der Waals surface area contributed by atoms with Crippen LogP contribution >= 0.6 is 0 Å². The second kappa shape index (κ2) is 7.00. The third-order valence-electron chi connectivity index (χ3n) is 5.52. The Hall–Kier alpha value is -2.14. The first-order chi connectivity index (χ1) is 12.2. The van der Waals surface area contributed by atoms with E-state index < -0.39 is 0 Å². The van der Waals surface area contributed by atoms with E-state index in [0.29, 0.717) is 0 Å². The summed E-state index contributed by atoms with van der Waals surface area (Å²) >= 11 is 0. The molecule has 5 heteroatoms. The topological polar surface area (TPSA) is 59.0 Å². The van der Waals surface area contributed by atoms with E-state index >= 15 is 0 Å². The Morgan fingerprint density at radius 2 is 2.16 bits per heavy atom. The summed E-state index contributed by atoms with van der Waals surface area (Å²) < 4.78 is 2.03. The number of piperidine rings is 1. The minimum atomic E-state index is 0.0511. The van der Waals surface area contributed by atoms with Crippen molar-refractivity contribution in [1.29, 1.82) is 0 Å². The molecule has 0 saturated carbocycles. The normalized spacial score (nSPS) is 23.1. The van der Waals surface area contributed by atoms with Crippen molar-refractivity contribution in [2.24, 2.45) is 5.92 Å². The number of nitrogens with one attached hydrogen (secondary N) is 2. The van der Waals surface area contributed by atoms with Gasteiger partial charge in [-0.3, -0.25) is 4.79 Å². The highest BCUT2D eigenvalue weighted by atomic mass is 16.2. The zero-order valence-corrected chi connectivity index (χ0v) is 14.8. The summed E-state index contributed by atoms with van der Waals surface area (Å²) in [4.78, 5) is 12.7. The third-order valence-corrected chi connectivity index (χ3v) is 5.52. The number of anilines is 1. The lowest BCUT2D eigenvalue weighted by Crippen LogP contribution is -2.37. The van der Waals surface area contributed by atoms with Crippen molar-refractivity contribution in [3.05, 3.63) is 47.2 Å². The second-order valence-electron chi connectivity index (χ2n) is 7.26. The summed E-state index contributed by atoms with van der Waals surface area (Å²) in [6, 6.07) is 8.82. The number of aromatic nitrogens is 2. The molecule has 1 aromatic heterocycles. The molecule has 1 aromatic carbocycles. The fourth-order valence-electron chi connectivity index (χ4n) is 4.12. The Kier molecular flexibility index (Phi) is 4.57. The predicted octanol–water partition coefficient (Wildman–Crippen LogP) is 3.06. The van der Waals surface area contributed by atoms with Gasteiger partial charge in [0.05, 0.1) is 18.2 Å². The summed E-state index contributed by atoms with van der Waals surface area (Å²) in [6.45, 7) is 3.80. The maximum Gasteiger partial charge on any atom is 0.229 e. The van der Waals surface area contributed by atoms with E-state index in [-0.39, 0.29) is 17.9 Å². The third kappa shape index (κ3) is 3.21. The first-order valence-electron chi connectivity index (χ1n) is 9.37. The van der Waals surface area contributed by atoms with Crippen molar-refractivity contribution in [3.8, 4) is 0 Å². The molecule has 1 fully saturated rings. The van der Waals surface area contributed by atoms with Gasteiger partial charge in [0.2, 0.25) is 5.91 Å². The molecule has 4 rings (SSSR count). The van der Waals surface area contributed by atoms with E-state index in [4.69, 9.17) is 0 Å². The molecule has 1 aliphatic carbocycles. The standard InChI is InChI=1S/C20H26N4O/c1-14-12-22-24(18-10-4-7-15-6-2-3-9-17(15)18)19(14)23-20(25)16-8-5-11-21-13-16/h2-3,6,9,12,16,18,21H,4-5,7-8,10-11,13H2,1H3,(H,23,25)/t16-,18-/m1/s1. The first-order valence-corrected chi connectivity index (χ1v) is 9.37. The number of aryl methyl sites for hydroxylation is 2. The molecule has 0 bridgehead atoms. The lowest BCUT2D eigenvalue weighted by Gasteiger charge is -2.28. The van der Waals surface area contributed by atoms with Crippen molar-refractivity contribution in [2.45, 2.75) is 45.1 Å². The molecular formula is C20H26N4O. The van der Waals surface area contributed by atoms with Gasteiger partial charge in [-0.2, -0.15) is 5.10 Å². The van der Waals surface area contributed by atoms with E-state index in [9.17, 15) is 4.79 Å². The first kappa shape index (κ1) is 16.3. The Morgan fingerprint density at radius 1 is 1.28 bits per heavy atom. The van der Waals surface area contributed by atoms with Crippen LogP contribution in [-0.4, -0.2) is 28.8 Å². The van der Waals surface area contributed by atoms with Crippen LogP contribution in [0.1, 0.15) is 48.4 Å². The SMILES string of the molecule is Cc1cnn([C@@H]2CCCc3ccccc32)c1NC(=O)[C@@H]1CCCNC1. The van der Waals surface area contributed by atoms with Crippen molar-refractivity contribution < 1.29 is 4.79 Å². The van der Waals surface area contributed by atoms with E-state index in [1.807, 2.05) is 17.8 Å². The molecule has 2 aromatic rings.